The highest BCUT2D eigenvalue weighted by Crippen LogP contribution is 2.36. The molecule has 0 nitrogen and oxygen atoms in total. The van der Waals surface area contributed by atoms with Gasteiger partial charge >= 0.3 is 0 Å². The normalized spacial score (nSPS) is 12.6. The molecule has 0 aliphatic carbocycles. The molecule has 0 saturated carbocycles. The summed E-state index contributed by atoms with van der Waals surface area (Å²) in [5.41, 5.74) is 2.01. The fourth-order valence-electron chi connectivity index (χ4n) is 2.35. The number of rotatable bonds is 2. The minimum atomic E-state index is -0.254. The third-order valence-corrected chi connectivity index (χ3v) is 4.37. The maximum Gasteiger partial charge on any atom is 0.0841 e. The molecule has 0 bridgehead atoms. The van der Waals surface area contributed by atoms with Gasteiger partial charge in [-0.2, -0.15) is 0 Å². The molecule has 0 spiro atoms. The van der Waals surface area contributed by atoms with Crippen LogP contribution in [0.5, 0.6) is 0 Å². The second-order valence-corrected chi connectivity index (χ2v) is 5.88. The van der Waals surface area contributed by atoms with Gasteiger partial charge in [-0.3, -0.25) is 0 Å². The van der Waals surface area contributed by atoms with Gasteiger partial charge in [0.05, 0.1) is 5.38 Å². The molecule has 0 fully saturated rings. The average Bonchev–Trinajstić information content (AvgIpc) is 2.47. The van der Waals surface area contributed by atoms with Crippen LogP contribution in [0.25, 0.3) is 10.8 Å². The van der Waals surface area contributed by atoms with Crippen molar-refractivity contribution in [2.75, 3.05) is 0 Å². The zero-order valence-electron chi connectivity index (χ0n) is 10.5. The van der Waals surface area contributed by atoms with E-state index in [-0.39, 0.29) is 5.38 Å². The second-order valence-electron chi connectivity index (χ2n) is 4.60. The highest BCUT2D eigenvalue weighted by Gasteiger charge is 2.15. The molecular formula is C17H11Cl3. The van der Waals surface area contributed by atoms with Crippen molar-refractivity contribution in [2.45, 2.75) is 5.38 Å². The number of hydrogen-bond donors (Lipinski definition) is 0. The topological polar surface area (TPSA) is 0 Å². The molecule has 0 aliphatic rings. The van der Waals surface area contributed by atoms with Crippen molar-refractivity contribution in [3.8, 4) is 0 Å². The predicted molar refractivity (Wildman–Crippen MR) is 88.1 cm³/mol. The Morgan fingerprint density at radius 1 is 0.750 bits per heavy atom. The number of alkyl halides is 1. The van der Waals surface area contributed by atoms with E-state index in [9.17, 15) is 0 Å². The van der Waals surface area contributed by atoms with Crippen LogP contribution in [0, 0.1) is 0 Å². The van der Waals surface area contributed by atoms with Crippen LogP contribution in [0.4, 0.5) is 0 Å². The molecule has 3 heteroatoms. The molecule has 0 N–H and O–H groups in total. The van der Waals surface area contributed by atoms with Crippen molar-refractivity contribution in [1.29, 1.82) is 0 Å². The van der Waals surface area contributed by atoms with E-state index in [1.807, 2.05) is 60.7 Å². The Kier molecular flexibility index (Phi) is 3.89. The zero-order chi connectivity index (χ0) is 14.1. The molecule has 0 aliphatic heterocycles. The summed E-state index contributed by atoms with van der Waals surface area (Å²) in [7, 11) is 0. The van der Waals surface area contributed by atoms with Gasteiger partial charge in [0, 0.05) is 15.4 Å². The van der Waals surface area contributed by atoms with Crippen LogP contribution in [0.2, 0.25) is 10.0 Å². The number of fused-ring (bicyclic) bond motifs is 1. The molecule has 1 atom stereocenters. The zero-order valence-corrected chi connectivity index (χ0v) is 12.8. The molecule has 20 heavy (non-hydrogen) atoms. The molecule has 0 saturated heterocycles. The molecule has 0 amide bonds. The van der Waals surface area contributed by atoms with E-state index in [1.54, 1.807) is 0 Å². The summed E-state index contributed by atoms with van der Waals surface area (Å²) in [5, 5.41) is 3.25. The first-order chi connectivity index (χ1) is 9.66. The summed E-state index contributed by atoms with van der Waals surface area (Å²) in [5.74, 6) is 0. The van der Waals surface area contributed by atoms with Crippen molar-refractivity contribution in [3.05, 3.63) is 81.8 Å². The fourth-order valence-corrected chi connectivity index (χ4v) is 3.10. The summed E-state index contributed by atoms with van der Waals surface area (Å²) in [4.78, 5) is 0. The van der Waals surface area contributed by atoms with Crippen molar-refractivity contribution in [3.63, 3.8) is 0 Å². The lowest BCUT2D eigenvalue weighted by molar-refractivity contribution is 1.16. The van der Waals surface area contributed by atoms with E-state index >= 15 is 0 Å². The maximum absolute atomic E-state index is 6.63. The number of halogens is 3. The van der Waals surface area contributed by atoms with Gasteiger partial charge in [-0.15, -0.1) is 11.6 Å². The van der Waals surface area contributed by atoms with Crippen molar-refractivity contribution >= 4 is 45.6 Å². The monoisotopic (exact) mass is 320 g/mol. The van der Waals surface area contributed by atoms with Crippen molar-refractivity contribution < 1.29 is 0 Å². The summed E-state index contributed by atoms with van der Waals surface area (Å²) in [6.45, 7) is 0. The molecule has 0 radical (unpaired) electrons. The molecule has 3 aromatic carbocycles. The first-order valence-corrected chi connectivity index (χ1v) is 7.43. The molecule has 100 valence electrons. The third kappa shape index (κ3) is 2.52. The fraction of sp³-hybridized carbons (Fsp3) is 0.0588. The smallest absolute Gasteiger partial charge is 0.0841 e. The van der Waals surface area contributed by atoms with E-state index in [4.69, 9.17) is 34.8 Å². The molecule has 1 unspecified atom stereocenters. The van der Waals surface area contributed by atoms with E-state index in [0.29, 0.717) is 5.02 Å². The van der Waals surface area contributed by atoms with Gasteiger partial charge in [-0.1, -0.05) is 65.7 Å². The number of hydrogen-bond acceptors (Lipinski definition) is 0. The van der Waals surface area contributed by atoms with Gasteiger partial charge in [0.15, 0.2) is 0 Å². The van der Waals surface area contributed by atoms with Gasteiger partial charge in [0.1, 0.15) is 0 Å². The van der Waals surface area contributed by atoms with E-state index in [1.165, 1.54) is 0 Å². The first-order valence-electron chi connectivity index (χ1n) is 6.23. The SMILES string of the molecule is Clc1cccc(C(Cl)c2ccc(Cl)c3ccccc23)c1. The average molecular weight is 322 g/mol. The van der Waals surface area contributed by atoms with Crippen molar-refractivity contribution in [1.82, 2.24) is 0 Å². The number of benzene rings is 3. The molecule has 0 aromatic heterocycles. The lowest BCUT2D eigenvalue weighted by Crippen LogP contribution is -1.95. The van der Waals surface area contributed by atoms with E-state index < -0.39 is 0 Å². The Bertz CT molecular complexity index is 765. The largest absolute Gasteiger partial charge is 0.113 e. The van der Waals surface area contributed by atoms with Gasteiger partial charge < -0.3 is 0 Å². The standard InChI is InChI=1S/C17H11Cl3/c18-12-5-3-4-11(10-12)17(20)15-8-9-16(19)14-7-2-1-6-13(14)15/h1-10,17H. The summed E-state index contributed by atoms with van der Waals surface area (Å²) in [6, 6.07) is 19.5. The highest BCUT2D eigenvalue weighted by atomic mass is 35.5. The highest BCUT2D eigenvalue weighted by molar-refractivity contribution is 6.36. The lowest BCUT2D eigenvalue weighted by Gasteiger charge is -2.14. The Labute approximate surface area is 132 Å². The predicted octanol–water partition coefficient (Wildman–Crippen LogP) is 6.47. The van der Waals surface area contributed by atoms with E-state index in [2.05, 4.69) is 0 Å². The second kappa shape index (κ2) is 5.65. The quantitative estimate of drug-likeness (QED) is 0.474. The minimum absolute atomic E-state index is 0.254. The molecule has 0 heterocycles. The van der Waals surface area contributed by atoms with Gasteiger partial charge in [0.25, 0.3) is 0 Å². The Morgan fingerprint density at radius 3 is 2.25 bits per heavy atom. The van der Waals surface area contributed by atoms with Gasteiger partial charge in [-0.05, 0) is 34.7 Å². The van der Waals surface area contributed by atoms with Crippen LogP contribution in [-0.4, -0.2) is 0 Å². The van der Waals surface area contributed by atoms with Crippen LogP contribution in [0.3, 0.4) is 0 Å². The van der Waals surface area contributed by atoms with E-state index in [0.717, 1.165) is 26.9 Å². The Hall–Kier alpha value is -1.21. The minimum Gasteiger partial charge on any atom is -0.113 e. The Balaban J connectivity index is 2.17. The first kappa shape index (κ1) is 13.8. The summed E-state index contributed by atoms with van der Waals surface area (Å²) < 4.78 is 0. The molecular weight excluding hydrogens is 311 g/mol. The van der Waals surface area contributed by atoms with Crippen LogP contribution >= 0.6 is 34.8 Å². The van der Waals surface area contributed by atoms with Crippen LogP contribution < -0.4 is 0 Å². The third-order valence-electron chi connectivity index (χ3n) is 3.32. The maximum atomic E-state index is 6.63. The summed E-state index contributed by atoms with van der Waals surface area (Å²) in [6.07, 6.45) is 0. The van der Waals surface area contributed by atoms with Gasteiger partial charge in [0.2, 0.25) is 0 Å². The van der Waals surface area contributed by atoms with Crippen molar-refractivity contribution in [2.24, 2.45) is 0 Å². The van der Waals surface area contributed by atoms with Crippen LogP contribution in [-0.2, 0) is 0 Å². The molecule has 3 aromatic rings. The lowest BCUT2D eigenvalue weighted by atomic mass is 9.98. The van der Waals surface area contributed by atoms with Crippen LogP contribution in [0.15, 0.2) is 60.7 Å². The Morgan fingerprint density at radius 2 is 1.50 bits per heavy atom. The molecule has 3 rings (SSSR count). The summed E-state index contributed by atoms with van der Waals surface area (Å²) >= 11 is 18.9. The van der Waals surface area contributed by atoms with Crippen LogP contribution in [0.1, 0.15) is 16.5 Å². The van der Waals surface area contributed by atoms with Gasteiger partial charge in [-0.25, -0.2) is 0 Å².